The van der Waals surface area contributed by atoms with Crippen molar-refractivity contribution in [3.05, 3.63) is 77.8 Å². The molecule has 0 saturated carbocycles. The maximum absolute atomic E-state index is 10.5. The minimum absolute atomic E-state index is 0.550. The Hall–Kier alpha value is -2.39. The zero-order valence-corrected chi connectivity index (χ0v) is 11.2. The number of nitrogens with zero attached hydrogens (tertiary/aromatic N) is 1. The lowest BCUT2D eigenvalue weighted by molar-refractivity contribution is 0.216. The second-order valence-electron chi connectivity index (χ2n) is 4.63. The average Bonchev–Trinajstić information content (AvgIpc) is 2.90. The second kappa shape index (κ2) is 5.31. The number of rotatable bonds is 3. The van der Waals surface area contributed by atoms with Crippen LogP contribution in [0, 0.1) is 6.92 Å². The predicted molar refractivity (Wildman–Crippen MR) is 77.2 cm³/mol. The molecule has 20 heavy (non-hydrogen) atoms. The minimum Gasteiger partial charge on any atom is -0.441 e. The molecule has 0 aliphatic carbocycles. The lowest BCUT2D eigenvalue weighted by atomic mass is 10.0. The third-order valence-electron chi connectivity index (χ3n) is 3.17. The zero-order valence-electron chi connectivity index (χ0n) is 11.2. The fourth-order valence-corrected chi connectivity index (χ4v) is 2.22. The number of aromatic nitrogens is 1. The van der Waals surface area contributed by atoms with Crippen LogP contribution in [0.15, 0.2) is 65.1 Å². The van der Waals surface area contributed by atoms with Gasteiger partial charge in [0.1, 0.15) is 11.8 Å². The Morgan fingerprint density at radius 2 is 1.55 bits per heavy atom. The van der Waals surface area contributed by atoms with Gasteiger partial charge < -0.3 is 9.52 Å². The molecule has 0 radical (unpaired) electrons. The summed E-state index contributed by atoms with van der Waals surface area (Å²) in [4.78, 5) is 4.35. The smallest absolute Gasteiger partial charge is 0.192 e. The number of oxazole rings is 1. The molecule has 3 aromatic rings. The van der Waals surface area contributed by atoms with E-state index in [9.17, 15) is 5.11 Å². The summed E-state index contributed by atoms with van der Waals surface area (Å²) in [5.74, 6) is 1.17. The quantitative estimate of drug-likeness (QED) is 0.784. The van der Waals surface area contributed by atoms with Crippen molar-refractivity contribution in [2.24, 2.45) is 0 Å². The highest BCUT2D eigenvalue weighted by atomic mass is 16.4. The van der Waals surface area contributed by atoms with E-state index < -0.39 is 6.10 Å². The van der Waals surface area contributed by atoms with Crippen molar-refractivity contribution in [1.82, 2.24) is 4.98 Å². The first-order valence-corrected chi connectivity index (χ1v) is 6.51. The highest BCUT2D eigenvalue weighted by Gasteiger charge is 2.21. The lowest BCUT2D eigenvalue weighted by Crippen LogP contribution is -2.01. The first-order valence-electron chi connectivity index (χ1n) is 6.51. The van der Waals surface area contributed by atoms with Gasteiger partial charge in [0.2, 0.25) is 0 Å². The normalized spacial score (nSPS) is 12.3. The summed E-state index contributed by atoms with van der Waals surface area (Å²) in [6, 6.07) is 19.2. The molecule has 3 rings (SSSR count). The standard InChI is InChI=1S/C17H15NO2/c1-12-18-15(16(19)13-8-4-2-5-9-13)17(20-12)14-10-6-3-7-11-14/h2-11,16,19H,1H3. The maximum atomic E-state index is 10.5. The Kier molecular flexibility index (Phi) is 3.35. The van der Waals surface area contributed by atoms with E-state index in [-0.39, 0.29) is 0 Å². The monoisotopic (exact) mass is 265 g/mol. The summed E-state index contributed by atoms with van der Waals surface area (Å²) >= 11 is 0. The van der Waals surface area contributed by atoms with Crippen LogP contribution in [0.4, 0.5) is 0 Å². The summed E-state index contributed by atoms with van der Waals surface area (Å²) in [5, 5.41) is 10.5. The van der Waals surface area contributed by atoms with Crippen LogP contribution in [0.1, 0.15) is 23.3 Å². The third-order valence-corrected chi connectivity index (χ3v) is 3.17. The molecule has 1 unspecified atom stereocenters. The van der Waals surface area contributed by atoms with E-state index in [1.165, 1.54) is 0 Å². The molecule has 3 nitrogen and oxygen atoms in total. The summed E-state index contributed by atoms with van der Waals surface area (Å²) in [5.41, 5.74) is 2.27. The van der Waals surface area contributed by atoms with Crippen molar-refractivity contribution in [3.8, 4) is 11.3 Å². The van der Waals surface area contributed by atoms with Crippen molar-refractivity contribution in [1.29, 1.82) is 0 Å². The van der Waals surface area contributed by atoms with Gasteiger partial charge in [0.05, 0.1) is 0 Å². The first kappa shape index (κ1) is 12.6. The highest BCUT2D eigenvalue weighted by molar-refractivity contribution is 5.61. The van der Waals surface area contributed by atoms with E-state index >= 15 is 0 Å². The molecule has 2 aromatic carbocycles. The number of aliphatic hydroxyl groups excluding tert-OH is 1. The molecular formula is C17H15NO2. The summed E-state index contributed by atoms with van der Waals surface area (Å²) in [7, 11) is 0. The van der Waals surface area contributed by atoms with E-state index in [0.29, 0.717) is 17.3 Å². The Balaban J connectivity index is 2.07. The number of hydrogen-bond acceptors (Lipinski definition) is 3. The molecule has 0 amide bonds. The number of aliphatic hydroxyl groups is 1. The summed E-state index contributed by atoms with van der Waals surface area (Å²) < 4.78 is 5.67. The van der Waals surface area contributed by atoms with Gasteiger partial charge in [-0.05, 0) is 5.56 Å². The third kappa shape index (κ3) is 2.36. The Labute approximate surface area is 117 Å². The molecule has 0 spiro atoms. The topological polar surface area (TPSA) is 46.3 Å². The molecule has 0 aliphatic heterocycles. The van der Waals surface area contributed by atoms with Crippen molar-refractivity contribution >= 4 is 0 Å². The van der Waals surface area contributed by atoms with Crippen LogP contribution in [0.2, 0.25) is 0 Å². The Morgan fingerprint density at radius 3 is 2.20 bits per heavy atom. The zero-order chi connectivity index (χ0) is 13.9. The van der Waals surface area contributed by atoms with Crippen LogP contribution in [-0.4, -0.2) is 10.1 Å². The minimum atomic E-state index is -0.788. The van der Waals surface area contributed by atoms with Gasteiger partial charge in [0.15, 0.2) is 11.7 Å². The van der Waals surface area contributed by atoms with Gasteiger partial charge in [0, 0.05) is 12.5 Å². The molecule has 0 aliphatic rings. The fraction of sp³-hybridized carbons (Fsp3) is 0.118. The summed E-state index contributed by atoms with van der Waals surface area (Å²) in [6.07, 6.45) is -0.788. The maximum Gasteiger partial charge on any atom is 0.192 e. The van der Waals surface area contributed by atoms with E-state index in [4.69, 9.17) is 4.42 Å². The Morgan fingerprint density at radius 1 is 0.950 bits per heavy atom. The van der Waals surface area contributed by atoms with E-state index in [2.05, 4.69) is 4.98 Å². The van der Waals surface area contributed by atoms with Gasteiger partial charge in [-0.25, -0.2) is 4.98 Å². The van der Waals surface area contributed by atoms with Crippen LogP contribution >= 0.6 is 0 Å². The lowest BCUT2D eigenvalue weighted by Gasteiger charge is -2.09. The van der Waals surface area contributed by atoms with Gasteiger partial charge in [-0.15, -0.1) is 0 Å². The number of benzene rings is 2. The van der Waals surface area contributed by atoms with E-state index in [1.54, 1.807) is 6.92 Å². The van der Waals surface area contributed by atoms with Crippen LogP contribution in [-0.2, 0) is 0 Å². The predicted octanol–water partition coefficient (Wildman–Crippen LogP) is 3.73. The van der Waals surface area contributed by atoms with Crippen LogP contribution in [0.25, 0.3) is 11.3 Å². The Bertz CT molecular complexity index is 690. The average molecular weight is 265 g/mol. The number of aryl methyl sites for hydroxylation is 1. The van der Waals surface area contributed by atoms with E-state index in [1.807, 2.05) is 60.7 Å². The molecular weight excluding hydrogens is 250 g/mol. The van der Waals surface area contributed by atoms with Gasteiger partial charge in [0.25, 0.3) is 0 Å². The molecule has 1 heterocycles. The fourth-order valence-electron chi connectivity index (χ4n) is 2.22. The summed E-state index contributed by atoms with van der Waals surface area (Å²) in [6.45, 7) is 1.79. The van der Waals surface area contributed by atoms with Gasteiger partial charge in [-0.3, -0.25) is 0 Å². The molecule has 0 fully saturated rings. The number of hydrogen-bond donors (Lipinski definition) is 1. The second-order valence-corrected chi connectivity index (χ2v) is 4.63. The molecule has 0 saturated heterocycles. The molecule has 1 aromatic heterocycles. The molecule has 1 atom stereocenters. The molecule has 0 bridgehead atoms. The van der Waals surface area contributed by atoms with Crippen molar-refractivity contribution in [2.45, 2.75) is 13.0 Å². The molecule has 100 valence electrons. The van der Waals surface area contributed by atoms with Gasteiger partial charge in [-0.2, -0.15) is 0 Å². The van der Waals surface area contributed by atoms with E-state index in [0.717, 1.165) is 11.1 Å². The highest BCUT2D eigenvalue weighted by Crippen LogP contribution is 2.31. The van der Waals surface area contributed by atoms with Gasteiger partial charge >= 0.3 is 0 Å². The SMILES string of the molecule is Cc1nc(C(O)c2ccccc2)c(-c2ccccc2)o1. The van der Waals surface area contributed by atoms with Crippen molar-refractivity contribution in [3.63, 3.8) is 0 Å². The largest absolute Gasteiger partial charge is 0.441 e. The molecule has 3 heteroatoms. The van der Waals surface area contributed by atoms with Gasteiger partial charge in [-0.1, -0.05) is 60.7 Å². The van der Waals surface area contributed by atoms with Crippen LogP contribution in [0.3, 0.4) is 0 Å². The van der Waals surface area contributed by atoms with Crippen LogP contribution < -0.4 is 0 Å². The molecule has 1 N–H and O–H groups in total. The first-order chi connectivity index (χ1) is 9.75. The van der Waals surface area contributed by atoms with Crippen LogP contribution in [0.5, 0.6) is 0 Å². The van der Waals surface area contributed by atoms with Crippen molar-refractivity contribution < 1.29 is 9.52 Å². The van der Waals surface area contributed by atoms with Crippen molar-refractivity contribution in [2.75, 3.05) is 0 Å².